The van der Waals surface area contributed by atoms with Gasteiger partial charge in [0.25, 0.3) is 0 Å². The van der Waals surface area contributed by atoms with E-state index in [9.17, 15) is 9.59 Å². The van der Waals surface area contributed by atoms with Gasteiger partial charge in [-0.3, -0.25) is 9.59 Å². The molecule has 176 valence electrons. The van der Waals surface area contributed by atoms with E-state index in [-0.39, 0.29) is 18.2 Å². The molecular formula is C28H30N2O4. The van der Waals surface area contributed by atoms with E-state index in [1.54, 1.807) is 19.1 Å². The van der Waals surface area contributed by atoms with Gasteiger partial charge in [-0.15, -0.1) is 0 Å². The lowest BCUT2D eigenvalue weighted by molar-refractivity contribution is -0.122. The number of carbonyl (C=O) groups is 2. The average molecular weight is 459 g/mol. The van der Waals surface area contributed by atoms with Gasteiger partial charge >= 0.3 is 0 Å². The Kier molecular flexibility index (Phi) is 6.87. The smallest absolute Gasteiger partial charge is 0.230 e. The Balaban J connectivity index is 1.66. The number of ether oxygens (including phenoxy) is 2. The van der Waals surface area contributed by atoms with Crippen molar-refractivity contribution in [1.82, 2.24) is 0 Å². The van der Waals surface area contributed by atoms with Crippen LogP contribution in [-0.2, 0) is 9.59 Å². The topological polar surface area (TPSA) is 67.9 Å². The molecule has 3 aromatic carbocycles. The van der Waals surface area contributed by atoms with Crippen LogP contribution in [0.4, 0.5) is 11.4 Å². The van der Waals surface area contributed by atoms with Crippen LogP contribution in [0.25, 0.3) is 0 Å². The number of nitrogens with zero attached hydrogens (tertiary/aromatic N) is 1. The summed E-state index contributed by atoms with van der Waals surface area (Å²) in [7, 11) is 3.21. The van der Waals surface area contributed by atoms with Gasteiger partial charge in [0.1, 0.15) is 11.5 Å². The van der Waals surface area contributed by atoms with Crippen LogP contribution in [0.1, 0.15) is 43.4 Å². The summed E-state index contributed by atoms with van der Waals surface area (Å²) in [4.78, 5) is 28.4. The van der Waals surface area contributed by atoms with Gasteiger partial charge in [-0.25, -0.2) is 0 Å². The minimum atomic E-state index is -0.548. The standard InChI is InChI=1S/C28H30N2O4/c1-18(2)19-5-9-21(10-6-19)29-28(32)25-17-26(31)30(22-11-15-24(34-4)16-12-22)27(25)20-7-13-23(33-3)14-8-20/h5-16,18,25,27H,17H2,1-4H3,(H,29,32)/t25-,27+/m1/s1. The molecule has 0 unspecified atom stereocenters. The Morgan fingerprint density at radius 1 is 0.882 bits per heavy atom. The highest BCUT2D eigenvalue weighted by molar-refractivity contribution is 6.04. The molecule has 1 aliphatic heterocycles. The third-order valence-electron chi connectivity index (χ3n) is 6.31. The highest BCUT2D eigenvalue weighted by atomic mass is 16.5. The van der Waals surface area contributed by atoms with Gasteiger partial charge in [-0.05, 0) is 65.6 Å². The number of methoxy groups -OCH3 is 2. The monoisotopic (exact) mass is 458 g/mol. The first-order valence-corrected chi connectivity index (χ1v) is 11.4. The minimum Gasteiger partial charge on any atom is -0.497 e. The molecule has 0 saturated carbocycles. The number of benzene rings is 3. The van der Waals surface area contributed by atoms with Crippen molar-refractivity contribution in [3.05, 3.63) is 83.9 Å². The summed E-state index contributed by atoms with van der Waals surface area (Å²) < 4.78 is 10.6. The summed E-state index contributed by atoms with van der Waals surface area (Å²) in [5, 5.41) is 3.02. The van der Waals surface area contributed by atoms with Crippen molar-refractivity contribution in [2.24, 2.45) is 5.92 Å². The van der Waals surface area contributed by atoms with Crippen molar-refractivity contribution in [3.8, 4) is 11.5 Å². The maximum Gasteiger partial charge on any atom is 0.230 e. The zero-order chi connectivity index (χ0) is 24.2. The maximum atomic E-state index is 13.4. The predicted molar refractivity (Wildman–Crippen MR) is 133 cm³/mol. The van der Waals surface area contributed by atoms with Gasteiger partial charge in [0.15, 0.2) is 0 Å². The second-order valence-electron chi connectivity index (χ2n) is 8.76. The number of rotatable bonds is 7. The van der Waals surface area contributed by atoms with Gasteiger partial charge in [0.05, 0.1) is 26.2 Å². The molecule has 0 radical (unpaired) electrons. The molecule has 1 aliphatic rings. The van der Waals surface area contributed by atoms with Crippen LogP contribution in [-0.4, -0.2) is 26.0 Å². The van der Waals surface area contributed by atoms with E-state index in [0.717, 1.165) is 22.7 Å². The van der Waals surface area contributed by atoms with Crippen LogP contribution in [0.3, 0.4) is 0 Å². The third kappa shape index (κ3) is 4.76. The number of amides is 2. The Labute approximate surface area is 200 Å². The summed E-state index contributed by atoms with van der Waals surface area (Å²) in [6.07, 6.45) is 0.124. The summed E-state index contributed by atoms with van der Waals surface area (Å²) in [5.74, 6) is 1.01. The van der Waals surface area contributed by atoms with E-state index >= 15 is 0 Å². The molecule has 6 nitrogen and oxygen atoms in total. The quantitative estimate of drug-likeness (QED) is 0.503. The van der Waals surface area contributed by atoms with E-state index in [2.05, 4.69) is 19.2 Å². The van der Waals surface area contributed by atoms with Crippen molar-refractivity contribution in [2.75, 3.05) is 24.4 Å². The Hall–Kier alpha value is -3.80. The molecule has 1 fully saturated rings. The number of hydrogen-bond donors (Lipinski definition) is 1. The third-order valence-corrected chi connectivity index (χ3v) is 6.31. The maximum absolute atomic E-state index is 13.4. The fraction of sp³-hybridized carbons (Fsp3) is 0.286. The van der Waals surface area contributed by atoms with Crippen LogP contribution >= 0.6 is 0 Å². The number of anilines is 2. The van der Waals surface area contributed by atoms with Gasteiger partial charge < -0.3 is 19.7 Å². The lowest BCUT2D eigenvalue weighted by Gasteiger charge is -2.28. The largest absolute Gasteiger partial charge is 0.497 e. The number of nitrogens with one attached hydrogen (secondary N) is 1. The van der Waals surface area contributed by atoms with E-state index in [0.29, 0.717) is 11.7 Å². The molecule has 1 saturated heterocycles. The molecule has 1 heterocycles. The Bertz CT molecular complexity index is 1140. The zero-order valence-electron chi connectivity index (χ0n) is 19.9. The lowest BCUT2D eigenvalue weighted by Crippen LogP contribution is -2.32. The highest BCUT2D eigenvalue weighted by Gasteiger charge is 2.45. The molecule has 0 aliphatic carbocycles. The second-order valence-corrected chi connectivity index (χ2v) is 8.76. The van der Waals surface area contributed by atoms with Gasteiger partial charge in [-0.2, -0.15) is 0 Å². The summed E-state index contributed by atoms with van der Waals surface area (Å²) in [5.41, 5.74) is 3.52. The molecule has 0 aromatic heterocycles. The van der Waals surface area contributed by atoms with Crippen molar-refractivity contribution in [2.45, 2.75) is 32.2 Å². The molecule has 3 aromatic rings. The fourth-order valence-corrected chi connectivity index (χ4v) is 4.39. The van der Waals surface area contributed by atoms with Crippen LogP contribution in [0.15, 0.2) is 72.8 Å². The average Bonchev–Trinajstić information content (AvgIpc) is 3.21. The predicted octanol–water partition coefficient (Wildman–Crippen LogP) is 5.56. The van der Waals surface area contributed by atoms with Gasteiger partial charge in [-0.1, -0.05) is 38.1 Å². The molecule has 2 atom stereocenters. The summed E-state index contributed by atoms with van der Waals surface area (Å²) in [6, 6.07) is 22.3. The Morgan fingerprint density at radius 3 is 1.97 bits per heavy atom. The van der Waals surface area contributed by atoms with Crippen molar-refractivity contribution >= 4 is 23.2 Å². The van der Waals surface area contributed by atoms with Gasteiger partial charge in [0.2, 0.25) is 11.8 Å². The summed E-state index contributed by atoms with van der Waals surface area (Å²) >= 11 is 0. The van der Waals surface area contributed by atoms with Crippen LogP contribution < -0.4 is 19.7 Å². The first kappa shape index (κ1) is 23.4. The highest BCUT2D eigenvalue weighted by Crippen LogP contribution is 2.42. The lowest BCUT2D eigenvalue weighted by atomic mass is 9.92. The van der Waals surface area contributed by atoms with Crippen LogP contribution in [0.5, 0.6) is 11.5 Å². The molecule has 34 heavy (non-hydrogen) atoms. The van der Waals surface area contributed by atoms with Crippen LogP contribution in [0, 0.1) is 5.92 Å². The molecule has 1 N–H and O–H groups in total. The Morgan fingerprint density at radius 2 is 1.44 bits per heavy atom. The van der Waals surface area contributed by atoms with E-state index in [1.165, 1.54) is 5.56 Å². The normalized spacial score (nSPS) is 17.7. The molecule has 0 bridgehead atoms. The number of hydrogen-bond acceptors (Lipinski definition) is 4. The second kappa shape index (κ2) is 10.00. The van der Waals surface area contributed by atoms with Gasteiger partial charge in [0, 0.05) is 17.8 Å². The molecule has 0 spiro atoms. The molecule has 2 amide bonds. The van der Waals surface area contributed by atoms with E-state index in [4.69, 9.17) is 9.47 Å². The minimum absolute atomic E-state index is 0.0960. The first-order valence-electron chi connectivity index (χ1n) is 11.4. The van der Waals surface area contributed by atoms with E-state index in [1.807, 2.05) is 72.8 Å². The fourth-order valence-electron chi connectivity index (χ4n) is 4.39. The SMILES string of the molecule is COc1ccc([C@H]2[C@H](C(=O)Nc3ccc(C(C)C)cc3)CC(=O)N2c2ccc(OC)cc2)cc1. The van der Waals surface area contributed by atoms with Crippen molar-refractivity contribution in [1.29, 1.82) is 0 Å². The molecular weight excluding hydrogens is 428 g/mol. The number of carbonyl (C=O) groups excluding carboxylic acids is 2. The van der Waals surface area contributed by atoms with Crippen molar-refractivity contribution in [3.63, 3.8) is 0 Å². The first-order chi connectivity index (χ1) is 16.4. The molecule has 4 rings (SSSR count). The zero-order valence-corrected chi connectivity index (χ0v) is 19.9. The van der Waals surface area contributed by atoms with Crippen LogP contribution in [0.2, 0.25) is 0 Å². The van der Waals surface area contributed by atoms with Crippen molar-refractivity contribution < 1.29 is 19.1 Å². The molecule has 6 heteroatoms. The summed E-state index contributed by atoms with van der Waals surface area (Å²) in [6.45, 7) is 4.26. The van der Waals surface area contributed by atoms with E-state index < -0.39 is 12.0 Å².